The molecule has 0 aromatic rings. The maximum atomic E-state index is 10.5. The van der Waals surface area contributed by atoms with E-state index in [-0.39, 0.29) is 6.04 Å². The van der Waals surface area contributed by atoms with Gasteiger partial charge in [0.2, 0.25) is 0 Å². The number of likely N-dealkylation sites (N-methyl/N-ethyl adjacent to an activating group) is 1. The molecule has 0 bridgehead atoms. The van der Waals surface area contributed by atoms with Gasteiger partial charge in [-0.2, -0.15) is 0 Å². The maximum absolute atomic E-state index is 10.5. The molecule has 0 spiro atoms. The quantitative estimate of drug-likeness (QED) is 0.632. The highest BCUT2D eigenvalue weighted by Gasteiger charge is 2.25. The zero-order valence-corrected chi connectivity index (χ0v) is 7.37. The summed E-state index contributed by atoms with van der Waals surface area (Å²) in [7, 11) is 5.04. The number of hydrogen-bond acceptors (Lipinski definition) is 3. The molecule has 0 aromatic heterocycles. The Hall–Kier alpha value is -0.610. The van der Waals surface area contributed by atoms with E-state index in [0.29, 0.717) is 0 Å². The Bertz CT molecular complexity index is 136. The number of nitrogens with zero attached hydrogens (tertiary/aromatic N) is 1. The fourth-order valence-corrected chi connectivity index (χ4v) is 0.775. The summed E-state index contributed by atoms with van der Waals surface area (Å²) in [6, 6.07) is -0.113. The number of hydrogen-bond donors (Lipinski definition) is 1. The van der Waals surface area contributed by atoms with E-state index >= 15 is 0 Å². The first-order chi connectivity index (χ1) is 5.00. The topological polar surface area (TPSA) is 49.8 Å². The molecule has 0 amide bonds. The van der Waals surface area contributed by atoms with Crippen LogP contribution in [0.1, 0.15) is 6.92 Å². The van der Waals surface area contributed by atoms with Gasteiger partial charge >= 0.3 is 5.97 Å². The lowest BCUT2D eigenvalue weighted by Crippen LogP contribution is -2.42. The third kappa shape index (κ3) is 2.86. The number of carbonyl (C=O) groups is 1. The number of methoxy groups -OCH3 is 1. The van der Waals surface area contributed by atoms with E-state index in [4.69, 9.17) is 9.84 Å². The van der Waals surface area contributed by atoms with Crippen molar-refractivity contribution in [3.05, 3.63) is 0 Å². The smallest absolute Gasteiger partial charge is 0.334 e. The van der Waals surface area contributed by atoms with E-state index in [1.165, 1.54) is 7.11 Å². The minimum Gasteiger partial charge on any atom is -0.479 e. The summed E-state index contributed by atoms with van der Waals surface area (Å²) in [6.07, 6.45) is -0.745. The van der Waals surface area contributed by atoms with Crippen molar-refractivity contribution in [1.82, 2.24) is 4.90 Å². The van der Waals surface area contributed by atoms with Crippen LogP contribution in [0, 0.1) is 0 Å². The first-order valence-corrected chi connectivity index (χ1v) is 3.42. The lowest BCUT2D eigenvalue weighted by atomic mass is 10.2. The van der Waals surface area contributed by atoms with Crippen LogP contribution in [-0.4, -0.2) is 49.3 Å². The van der Waals surface area contributed by atoms with Crippen LogP contribution in [0.15, 0.2) is 0 Å². The van der Waals surface area contributed by atoms with Crippen LogP contribution < -0.4 is 0 Å². The van der Waals surface area contributed by atoms with Crippen molar-refractivity contribution in [3.8, 4) is 0 Å². The average molecular weight is 161 g/mol. The molecular formula is C7H15NO3. The van der Waals surface area contributed by atoms with E-state index in [2.05, 4.69) is 0 Å². The number of ether oxygens (including phenoxy) is 1. The number of carboxylic acids is 1. The van der Waals surface area contributed by atoms with Crippen LogP contribution in [-0.2, 0) is 9.53 Å². The van der Waals surface area contributed by atoms with Crippen molar-refractivity contribution < 1.29 is 14.6 Å². The lowest BCUT2D eigenvalue weighted by molar-refractivity contribution is -0.151. The fourth-order valence-electron chi connectivity index (χ4n) is 0.775. The van der Waals surface area contributed by atoms with Gasteiger partial charge in [-0.15, -0.1) is 0 Å². The molecule has 0 fully saturated rings. The zero-order valence-electron chi connectivity index (χ0n) is 7.37. The zero-order chi connectivity index (χ0) is 9.02. The molecule has 0 aliphatic heterocycles. The van der Waals surface area contributed by atoms with Crippen LogP contribution >= 0.6 is 0 Å². The maximum Gasteiger partial charge on any atom is 0.334 e. The number of carboxylic acid groups (broad SMARTS) is 1. The van der Waals surface area contributed by atoms with Crippen molar-refractivity contribution in [2.24, 2.45) is 0 Å². The first kappa shape index (κ1) is 10.4. The van der Waals surface area contributed by atoms with Crippen molar-refractivity contribution in [1.29, 1.82) is 0 Å². The summed E-state index contributed by atoms with van der Waals surface area (Å²) < 4.78 is 4.79. The molecule has 0 aliphatic rings. The molecule has 0 aromatic carbocycles. The van der Waals surface area contributed by atoms with E-state index in [1.807, 2.05) is 25.9 Å². The highest BCUT2D eigenvalue weighted by atomic mass is 16.5. The minimum atomic E-state index is -0.922. The highest BCUT2D eigenvalue weighted by molar-refractivity contribution is 5.73. The van der Waals surface area contributed by atoms with E-state index in [1.54, 1.807) is 0 Å². The molecule has 2 unspecified atom stereocenters. The third-order valence-corrected chi connectivity index (χ3v) is 1.75. The number of aliphatic carboxylic acids is 1. The van der Waals surface area contributed by atoms with Gasteiger partial charge in [0.15, 0.2) is 6.10 Å². The van der Waals surface area contributed by atoms with Gasteiger partial charge in [0.25, 0.3) is 0 Å². The molecule has 0 radical (unpaired) electrons. The summed E-state index contributed by atoms with van der Waals surface area (Å²) in [6.45, 7) is 1.81. The van der Waals surface area contributed by atoms with E-state index < -0.39 is 12.1 Å². The Labute approximate surface area is 66.8 Å². The van der Waals surface area contributed by atoms with Crippen LogP contribution in [0.2, 0.25) is 0 Å². The SMILES string of the molecule is COC(C(=O)O)C(C)N(C)C. The first-order valence-electron chi connectivity index (χ1n) is 3.42. The van der Waals surface area contributed by atoms with E-state index in [0.717, 1.165) is 0 Å². The third-order valence-electron chi connectivity index (χ3n) is 1.75. The standard InChI is InChI=1S/C7H15NO3/c1-5(8(2)3)6(11-4)7(9)10/h5-6H,1-4H3,(H,9,10). The van der Waals surface area contributed by atoms with Gasteiger partial charge in [-0.3, -0.25) is 0 Å². The predicted octanol–water partition coefficient (Wildman–Crippen LogP) is 0.0361. The highest BCUT2D eigenvalue weighted by Crippen LogP contribution is 2.03. The fraction of sp³-hybridized carbons (Fsp3) is 0.857. The van der Waals surface area contributed by atoms with E-state index in [9.17, 15) is 4.79 Å². The molecule has 0 saturated heterocycles. The van der Waals surface area contributed by atoms with Gasteiger partial charge in [0, 0.05) is 13.2 Å². The molecular weight excluding hydrogens is 146 g/mol. The van der Waals surface area contributed by atoms with Gasteiger partial charge in [0.1, 0.15) is 0 Å². The van der Waals surface area contributed by atoms with Gasteiger partial charge in [-0.05, 0) is 21.0 Å². The summed E-state index contributed by atoms with van der Waals surface area (Å²) in [5, 5.41) is 8.64. The van der Waals surface area contributed by atoms with Crippen molar-refractivity contribution in [3.63, 3.8) is 0 Å². The molecule has 11 heavy (non-hydrogen) atoms. The minimum absolute atomic E-state index is 0.113. The average Bonchev–Trinajstić information content (AvgIpc) is 1.88. The van der Waals surface area contributed by atoms with Crippen LogP contribution in [0.25, 0.3) is 0 Å². The molecule has 0 aliphatic carbocycles. The molecule has 4 heteroatoms. The van der Waals surface area contributed by atoms with Crippen LogP contribution in [0.4, 0.5) is 0 Å². The van der Waals surface area contributed by atoms with Gasteiger partial charge in [-0.25, -0.2) is 4.79 Å². The Kier molecular flexibility index (Phi) is 4.07. The van der Waals surface area contributed by atoms with Crippen LogP contribution in [0.3, 0.4) is 0 Å². The Morgan fingerprint density at radius 3 is 2.09 bits per heavy atom. The molecule has 2 atom stereocenters. The molecule has 66 valence electrons. The van der Waals surface area contributed by atoms with Crippen molar-refractivity contribution in [2.75, 3.05) is 21.2 Å². The summed E-state index contributed by atoms with van der Waals surface area (Å²) in [5.74, 6) is -0.922. The lowest BCUT2D eigenvalue weighted by Gasteiger charge is -2.24. The molecule has 4 nitrogen and oxygen atoms in total. The predicted molar refractivity (Wildman–Crippen MR) is 41.6 cm³/mol. The second kappa shape index (κ2) is 4.31. The second-order valence-corrected chi connectivity index (χ2v) is 2.70. The second-order valence-electron chi connectivity index (χ2n) is 2.70. The largest absolute Gasteiger partial charge is 0.479 e. The Morgan fingerprint density at radius 1 is 1.55 bits per heavy atom. The summed E-state index contributed by atoms with van der Waals surface area (Å²) >= 11 is 0. The molecule has 0 rings (SSSR count). The van der Waals surface area contributed by atoms with Crippen molar-refractivity contribution in [2.45, 2.75) is 19.1 Å². The monoisotopic (exact) mass is 161 g/mol. The molecule has 1 N–H and O–H groups in total. The Morgan fingerprint density at radius 2 is 2.00 bits per heavy atom. The van der Waals surface area contributed by atoms with Crippen LogP contribution in [0.5, 0.6) is 0 Å². The normalized spacial score (nSPS) is 16.5. The molecule has 0 saturated carbocycles. The van der Waals surface area contributed by atoms with Gasteiger partial charge < -0.3 is 14.7 Å². The molecule has 0 heterocycles. The van der Waals surface area contributed by atoms with Gasteiger partial charge in [-0.1, -0.05) is 0 Å². The number of rotatable bonds is 4. The summed E-state index contributed by atoms with van der Waals surface area (Å²) in [5.41, 5.74) is 0. The Balaban J connectivity index is 4.14. The van der Waals surface area contributed by atoms with Crippen molar-refractivity contribution >= 4 is 5.97 Å². The summed E-state index contributed by atoms with van der Waals surface area (Å²) in [4.78, 5) is 12.3. The van der Waals surface area contributed by atoms with Gasteiger partial charge in [0.05, 0.1) is 0 Å².